The fourth-order valence-electron chi connectivity index (χ4n) is 3.76. The Balaban J connectivity index is 1.55. The summed E-state index contributed by atoms with van der Waals surface area (Å²) in [7, 11) is 0. The largest absolute Gasteiger partial charge is 0.370 e. The number of carbonyl (C=O) groups excluding carboxylic acids is 1. The number of anilines is 2. The second-order valence-electron chi connectivity index (χ2n) is 6.91. The van der Waals surface area contributed by atoms with Crippen LogP contribution in [0.15, 0.2) is 6.07 Å². The first kappa shape index (κ1) is 17.0. The van der Waals surface area contributed by atoms with Gasteiger partial charge < -0.3 is 15.1 Å². The van der Waals surface area contributed by atoms with E-state index in [4.69, 9.17) is 0 Å². The lowest BCUT2D eigenvalue weighted by Gasteiger charge is -2.36. The molecule has 3 rings (SSSR count). The lowest BCUT2D eigenvalue weighted by atomic mass is 10.0. The van der Waals surface area contributed by atoms with Gasteiger partial charge in [-0.1, -0.05) is 12.8 Å². The molecule has 1 aromatic heterocycles. The molecule has 24 heavy (non-hydrogen) atoms. The minimum atomic E-state index is 0.341. The summed E-state index contributed by atoms with van der Waals surface area (Å²) in [4.78, 5) is 25.7. The second kappa shape index (κ2) is 7.81. The van der Waals surface area contributed by atoms with Crippen molar-refractivity contribution < 1.29 is 4.79 Å². The Morgan fingerprint density at radius 1 is 1.21 bits per heavy atom. The van der Waals surface area contributed by atoms with Crippen molar-refractivity contribution in [3.8, 4) is 0 Å². The van der Waals surface area contributed by atoms with Gasteiger partial charge in [0.2, 0.25) is 5.91 Å². The molecule has 0 radical (unpaired) electrons. The molecule has 0 unspecified atom stereocenters. The number of piperazine rings is 1. The fourth-order valence-corrected chi connectivity index (χ4v) is 3.76. The van der Waals surface area contributed by atoms with E-state index in [1.807, 2.05) is 17.9 Å². The van der Waals surface area contributed by atoms with Crippen molar-refractivity contribution in [3.63, 3.8) is 0 Å². The Morgan fingerprint density at radius 2 is 1.92 bits per heavy atom. The molecule has 132 valence electrons. The van der Waals surface area contributed by atoms with Crippen molar-refractivity contribution in [1.29, 1.82) is 0 Å². The van der Waals surface area contributed by atoms with E-state index in [2.05, 4.69) is 27.1 Å². The van der Waals surface area contributed by atoms with Crippen molar-refractivity contribution in [1.82, 2.24) is 14.9 Å². The third-order valence-electron chi connectivity index (χ3n) is 5.08. The number of nitrogens with zero attached hydrogens (tertiary/aromatic N) is 4. The Labute approximate surface area is 144 Å². The van der Waals surface area contributed by atoms with Gasteiger partial charge in [0, 0.05) is 45.2 Å². The maximum Gasteiger partial charge on any atom is 0.222 e. The smallest absolute Gasteiger partial charge is 0.222 e. The maximum absolute atomic E-state index is 12.5. The van der Waals surface area contributed by atoms with Gasteiger partial charge in [-0.2, -0.15) is 0 Å². The van der Waals surface area contributed by atoms with Crippen LogP contribution < -0.4 is 10.2 Å². The molecule has 1 saturated carbocycles. The molecule has 0 bridgehead atoms. The minimum Gasteiger partial charge on any atom is -0.370 e. The molecule has 0 aromatic carbocycles. The van der Waals surface area contributed by atoms with Gasteiger partial charge in [0.05, 0.1) is 0 Å². The molecular formula is C18H29N5O. The third-order valence-corrected chi connectivity index (χ3v) is 5.08. The first-order chi connectivity index (χ1) is 11.7. The molecule has 1 saturated heterocycles. The van der Waals surface area contributed by atoms with Crippen LogP contribution in [0.3, 0.4) is 0 Å². The average molecular weight is 331 g/mol. The highest BCUT2D eigenvalue weighted by Gasteiger charge is 2.25. The van der Waals surface area contributed by atoms with Crippen LogP contribution >= 0.6 is 0 Å². The fraction of sp³-hybridized carbons (Fsp3) is 0.722. The number of carbonyl (C=O) groups is 1. The number of rotatable bonds is 5. The first-order valence-corrected chi connectivity index (χ1v) is 9.28. The summed E-state index contributed by atoms with van der Waals surface area (Å²) in [5.41, 5.74) is 0. The number of aryl methyl sites for hydroxylation is 1. The highest BCUT2D eigenvalue weighted by Crippen LogP contribution is 2.28. The molecule has 1 N–H and O–H groups in total. The lowest BCUT2D eigenvalue weighted by molar-refractivity contribution is -0.132. The molecule has 6 nitrogen and oxygen atoms in total. The van der Waals surface area contributed by atoms with Crippen LogP contribution in [0.2, 0.25) is 0 Å². The van der Waals surface area contributed by atoms with E-state index in [1.165, 1.54) is 25.7 Å². The van der Waals surface area contributed by atoms with Crippen LogP contribution in [-0.4, -0.2) is 53.5 Å². The van der Waals surface area contributed by atoms with E-state index < -0.39 is 0 Å². The van der Waals surface area contributed by atoms with Gasteiger partial charge in [0.1, 0.15) is 17.5 Å². The van der Waals surface area contributed by atoms with Crippen LogP contribution in [0.1, 0.15) is 44.9 Å². The molecule has 1 aromatic rings. The van der Waals surface area contributed by atoms with Crippen LogP contribution in [0.4, 0.5) is 11.6 Å². The molecule has 2 fully saturated rings. The van der Waals surface area contributed by atoms with Gasteiger partial charge in [0.15, 0.2) is 0 Å². The molecular weight excluding hydrogens is 302 g/mol. The topological polar surface area (TPSA) is 61.4 Å². The third kappa shape index (κ3) is 4.16. The van der Waals surface area contributed by atoms with Crippen LogP contribution in [-0.2, 0) is 4.79 Å². The quantitative estimate of drug-likeness (QED) is 0.898. The number of aromatic nitrogens is 2. The zero-order chi connectivity index (χ0) is 16.9. The van der Waals surface area contributed by atoms with Gasteiger partial charge >= 0.3 is 0 Å². The van der Waals surface area contributed by atoms with E-state index in [9.17, 15) is 4.79 Å². The van der Waals surface area contributed by atoms with Crippen molar-refractivity contribution in [2.24, 2.45) is 5.92 Å². The average Bonchev–Trinajstić information content (AvgIpc) is 3.08. The van der Waals surface area contributed by atoms with Gasteiger partial charge in [0.25, 0.3) is 0 Å². The summed E-state index contributed by atoms with van der Waals surface area (Å²) < 4.78 is 0. The predicted octanol–water partition coefficient (Wildman–Crippen LogP) is 2.45. The summed E-state index contributed by atoms with van der Waals surface area (Å²) in [6.07, 6.45) is 5.81. The van der Waals surface area contributed by atoms with E-state index >= 15 is 0 Å². The van der Waals surface area contributed by atoms with Crippen molar-refractivity contribution >= 4 is 17.5 Å². The highest BCUT2D eigenvalue weighted by molar-refractivity contribution is 5.76. The van der Waals surface area contributed by atoms with Crippen LogP contribution in [0, 0.1) is 12.8 Å². The summed E-state index contributed by atoms with van der Waals surface area (Å²) in [6, 6.07) is 2.01. The summed E-state index contributed by atoms with van der Waals surface area (Å²) in [5, 5.41) is 3.25. The molecule has 1 amide bonds. The minimum absolute atomic E-state index is 0.341. The van der Waals surface area contributed by atoms with Crippen LogP contribution in [0.5, 0.6) is 0 Å². The Bertz CT molecular complexity index is 563. The Morgan fingerprint density at radius 3 is 2.58 bits per heavy atom. The molecule has 1 aliphatic heterocycles. The van der Waals surface area contributed by atoms with E-state index in [0.717, 1.165) is 56.6 Å². The SMILES string of the molecule is CCNc1cc(N2CCN(C(=O)CC3CCCC3)CC2)nc(C)n1. The first-order valence-electron chi connectivity index (χ1n) is 9.28. The summed E-state index contributed by atoms with van der Waals surface area (Å²) >= 11 is 0. The number of amides is 1. The number of hydrogen-bond donors (Lipinski definition) is 1. The van der Waals surface area contributed by atoms with Crippen molar-refractivity contribution in [3.05, 3.63) is 11.9 Å². The van der Waals surface area contributed by atoms with Gasteiger partial charge in [-0.05, 0) is 32.6 Å². The summed E-state index contributed by atoms with van der Waals surface area (Å²) in [6.45, 7) is 8.12. The van der Waals surface area contributed by atoms with Gasteiger partial charge in [-0.25, -0.2) is 9.97 Å². The van der Waals surface area contributed by atoms with E-state index in [0.29, 0.717) is 11.8 Å². The lowest BCUT2D eigenvalue weighted by Crippen LogP contribution is -2.49. The van der Waals surface area contributed by atoms with Gasteiger partial charge in [-0.3, -0.25) is 4.79 Å². The second-order valence-corrected chi connectivity index (χ2v) is 6.91. The molecule has 0 spiro atoms. The molecule has 1 aliphatic carbocycles. The number of nitrogens with one attached hydrogen (secondary N) is 1. The van der Waals surface area contributed by atoms with E-state index in [1.54, 1.807) is 0 Å². The monoisotopic (exact) mass is 331 g/mol. The van der Waals surface area contributed by atoms with E-state index in [-0.39, 0.29) is 0 Å². The van der Waals surface area contributed by atoms with Gasteiger partial charge in [-0.15, -0.1) is 0 Å². The van der Waals surface area contributed by atoms with Crippen LogP contribution in [0.25, 0.3) is 0 Å². The highest BCUT2D eigenvalue weighted by atomic mass is 16.2. The zero-order valence-corrected chi connectivity index (χ0v) is 14.9. The zero-order valence-electron chi connectivity index (χ0n) is 14.9. The normalized spacial score (nSPS) is 18.9. The van der Waals surface area contributed by atoms with Crippen molar-refractivity contribution in [2.75, 3.05) is 42.9 Å². The Kier molecular flexibility index (Phi) is 5.53. The molecule has 0 atom stereocenters. The molecule has 2 heterocycles. The van der Waals surface area contributed by atoms with Crippen molar-refractivity contribution in [2.45, 2.75) is 46.0 Å². The number of hydrogen-bond acceptors (Lipinski definition) is 5. The predicted molar refractivity (Wildman–Crippen MR) is 96.3 cm³/mol. The summed E-state index contributed by atoms with van der Waals surface area (Å²) in [5.74, 6) is 3.58. The maximum atomic E-state index is 12.5. The standard InChI is InChI=1S/C18H29N5O/c1-3-19-16-13-17(21-14(2)20-16)22-8-10-23(11-9-22)18(24)12-15-6-4-5-7-15/h13,15H,3-12H2,1-2H3,(H,19,20,21). The molecule has 2 aliphatic rings. The Hall–Kier alpha value is -1.85. The molecule has 6 heteroatoms.